The van der Waals surface area contributed by atoms with E-state index in [2.05, 4.69) is 10.6 Å². The number of hydrogen-bond donors (Lipinski definition) is 2. The topological polar surface area (TPSA) is 87.7 Å². The predicted molar refractivity (Wildman–Crippen MR) is 98.5 cm³/mol. The first-order valence-electron chi connectivity index (χ1n) is 9.93. The highest BCUT2D eigenvalue weighted by atomic mass is 16.6. The molecule has 0 aromatic heterocycles. The summed E-state index contributed by atoms with van der Waals surface area (Å²) < 4.78 is 5.01. The summed E-state index contributed by atoms with van der Waals surface area (Å²) in [5.74, 6) is 0.253. The third kappa shape index (κ3) is 5.88. The number of hydrogen-bond acceptors (Lipinski definition) is 4. The van der Waals surface area contributed by atoms with Gasteiger partial charge in [-0.1, -0.05) is 0 Å². The molecule has 0 radical (unpaired) electrons. The molecule has 0 aromatic rings. The Morgan fingerprint density at radius 2 is 1.50 bits per heavy atom. The Labute approximate surface area is 156 Å². The molecule has 0 spiro atoms. The van der Waals surface area contributed by atoms with Crippen LogP contribution in [0, 0.1) is 11.8 Å². The van der Waals surface area contributed by atoms with Crippen LogP contribution in [-0.4, -0.2) is 54.6 Å². The van der Waals surface area contributed by atoms with Gasteiger partial charge >= 0.3 is 6.09 Å². The van der Waals surface area contributed by atoms with Gasteiger partial charge in [0.2, 0.25) is 11.8 Å². The summed E-state index contributed by atoms with van der Waals surface area (Å²) in [6.07, 6.45) is 4.34. The minimum absolute atomic E-state index is 0.00110. The normalized spacial score (nSPS) is 24.2. The van der Waals surface area contributed by atoms with E-state index in [0.717, 1.165) is 38.5 Å². The highest BCUT2D eigenvalue weighted by molar-refractivity contribution is 5.81. The number of rotatable bonds is 5. The van der Waals surface area contributed by atoms with Crippen LogP contribution < -0.4 is 10.6 Å². The van der Waals surface area contributed by atoms with Crippen molar-refractivity contribution in [2.45, 2.75) is 71.4 Å². The Kier molecular flexibility index (Phi) is 7.72. The summed E-state index contributed by atoms with van der Waals surface area (Å²) in [6.45, 7) is 7.34. The van der Waals surface area contributed by atoms with E-state index in [4.69, 9.17) is 4.74 Å². The van der Waals surface area contributed by atoms with Gasteiger partial charge in [-0.3, -0.25) is 9.59 Å². The van der Waals surface area contributed by atoms with Crippen LogP contribution in [0.25, 0.3) is 0 Å². The van der Waals surface area contributed by atoms with Crippen LogP contribution >= 0.6 is 0 Å². The van der Waals surface area contributed by atoms with Gasteiger partial charge in [-0.25, -0.2) is 4.79 Å². The van der Waals surface area contributed by atoms with E-state index in [0.29, 0.717) is 19.7 Å². The van der Waals surface area contributed by atoms with E-state index in [-0.39, 0.29) is 41.8 Å². The lowest BCUT2D eigenvalue weighted by Gasteiger charge is -2.33. The van der Waals surface area contributed by atoms with Crippen molar-refractivity contribution in [2.75, 3.05) is 19.7 Å². The Bertz CT molecular complexity index is 493. The average molecular weight is 367 g/mol. The molecule has 1 heterocycles. The third-order valence-electron chi connectivity index (χ3n) is 5.27. The second-order valence-electron chi connectivity index (χ2n) is 7.68. The molecule has 1 aliphatic carbocycles. The Balaban J connectivity index is 1.70. The summed E-state index contributed by atoms with van der Waals surface area (Å²) in [5, 5.41) is 6.10. The summed E-state index contributed by atoms with van der Waals surface area (Å²) in [5.41, 5.74) is 0. The van der Waals surface area contributed by atoms with Gasteiger partial charge < -0.3 is 20.3 Å². The van der Waals surface area contributed by atoms with Gasteiger partial charge in [0.15, 0.2) is 0 Å². The second-order valence-corrected chi connectivity index (χ2v) is 7.68. The summed E-state index contributed by atoms with van der Waals surface area (Å²) in [4.78, 5) is 38.0. The van der Waals surface area contributed by atoms with E-state index < -0.39 is 0 Å². The molecule has 26 heavy (non-hydrogen) atoms. The Morgan fingerprint density at radius 1 is 0.962 bits per heavy atom. The zero-order valence-corrected chi connectivity index (χ0v) is 16.3. The molecule has 2 aliphatic rings. The number of likely N-dealkylation sites (tertiary alicyclic amines) is 1. The number of piperidine rings is 1. The van der Waals surface area contributed by atoms with E-state index in [1.165, 1.54) is 0 Å². The van der Waals surface area contributed by atoms with Crippen molar-refractivity contribution in [2.24, 2.45) is 11.8 Å². The first-order chi connectivity index (χ1) is 12.4. The van der Waals surface area contributed by atoms with E-state index >= 15 is 0 Å². The molecule has 1 saturated heterocycles. The molecule has 1 aliphatic heterocycles. The van der Waals surface area contributed by atoms with Crippen molar-refractivity contribution in [3.05, 3.63) is 0 Å². The SMILES string of the molecule is CCOC(=O)N1CCC(NC(=O)C2CCC(C(=O)NC(C)C)CC2)CC1. The lowest BCUT2D eigenvalue weighted by Crippen LogP contribution is -2.48. The summed E-state index contributed by atoms with van der Waals surface area (Å²) in [7, 11) is 0. The van der Waals surface area contributed by atoms with Gasteiger partial charge in [-0.15, -0.1) is 0 Å². The molecule has 7 nitrogen and oxygen atoms in total. The molecule has 3 amide bonds. The number of nitrogens with zero attached hydrogens (tertiary/aromatic N) is 1. The molecular formula is C19H33N3O4. The molecule has 0 atom stereocenters. The first kappa shape index (κ1) is 20.5. The van der Waals surface area contributed by atoms with Crippen molar-refractivity contribution in [1.29, 1.82) is 0 Å². The number of ether oxygens (including phenoxy) is 1. The summed E-state index contributed by atoms with van der Waals surface area (Å²) >= 11 is 0. The van der Waals surface area contributed by atoms with Crippen LogP contribution in [0.2, 0.25) is 0 Å². The molecule has 2 fully saturated rings. The van der Waals surface area contributed by atoms with Crippen molar-refractivity contribution < 1.29 is 19.1 Å². The van der Waals surface area contributed by atoms with Gasteiger partial charge in [-0.05, 0) is 59.3 Å². The van der Waals surface area contributed by atoms with Crippen LogP contribution in [0.1, 0.15) is 59.3 Å². The van der Waals surface area contributed by atoms with Crippen LogP contribution in [0.4, 0.5) is 4.79 Å². The fourth-order valence-electron chi connectivity index (χ4n) is 3.76. The molecule has 148 valence electrons. The van der Waals surface area contributed by atoms with Gasteiger partial charge in [-0.2, -0.15) is 0 Å². The molecule has 0 bridgehead atoms. The molecule has 2 rings (SSSR count). The molecule has 0 aromatic carbocycles. The lowest BCUT2D eigenvalue weighted by atomic mass is 9.81. The maximum atomic E-state index is 12.5. The van der Waals surface area contributed by atoms with Gasteiger partial charge in [0.1, 0.15) is 0 Å². The maximum Gasteiger partial charge on any atom is 0.409 e. The number of amides is 3. The maximum absolute atomic E-state index is 12.5. The van der Waals surface area contributed by atoms with Crippen LogP contribution in [0.3, 0.4) is 0 Å². The van der Waals surface area contributed by atoms with Crippen LogP contribution in [-0.2, 0) is 14.3 Å². The molecule has 1 saturated carbocycles. The zero-order chi connectivity index (χ0) is 19.1. The fourth-order valence-corrected chi connectivity index (χ4v) is 3.76. The zero-order valence-electron chi connectivity index (χ0n) is 16.3. The predicted octanol–water partition coefficient (Wildman–Crippen LogP) is 2.05. The van der Waals surface area contributed by atoms with Crippen molar-refractivity contribution in [3.63, 3.8) is 0 Å². The lowest BCUT2D eigenvalue weighted by molar-refractivity contribution is -0.131. The average Bonchev–Trinajstić information content (AvgIpc) is 2.62. The monoisotopic (exact) mass is 367 g/mol. The van der Waals surface area contributed by atoms with Crippen LogP contribution in [0.15, 0.2) is 0 Å². The quantitative estimate of drug-likeness (QED) is 0.778. The Hall–Kier alpha value is -1.79. The summed E-state index contributed by atoms with van der Waals surface area (Å²) in [6, 6.07) is 0.277. The van der Waals surface area contributed by atoms with E-state index in [1.807, 2.05) is 13.8 Å². The van der Waals surface area contributed by atoms with Gasteiger partial charge in [0.25, 0.3) is 0 Å². The fraction of sp³-hybridized carbons (Fsp3) is 0.842. The van der Waals surface area contributed by atoms with E-state index in [9.17, 15) is 14.4 Å². The second kappa shape index (κ2) is 9.78. The smallest absolute Gasteiger partial charge is 0.409 e. The van der Waals surface area contributed by atoms with E-state index in [1.54, 1.807) is 11.8 Å². The highest BCUT2D eigenvalue weighted by Crippen LogP contribution is 2.29. The number of carbonyl (C=O) groups is 3. The Morgan fingerprint density at radius 3 is 2.00 bits per heavy atom. The third-order valence-corrected chi connectivity index (χ3v) is 5.27. The first-order valence-corrected chi connectivity index (χ1v) is 9.93. The molecule has 0 unspecified atom stereocenters. The molecular weight excluding hydrogens is 334 g/mol. The van der Waals surface area contributed by atoms with Crippen LogP contribution in [0.5, 0.6) is 0 Å². The minimum atomic E-state index is -0.268. The largest absolute Gasteiger partial charge is 0.450 e. The van der Waals surface area contributed by atoms with Crippen molar-refractivity contribution >= 4 is 17.9 Å². The number of carbonyl (C=O) groups excluding carboxylic acids is 3. The highest BCUT2D eigenvalue weighted by Gasteiger charge is 2.32. The molecule has 7 heteroatoms. The van der Waals surface area contributed by atoms with Gasteiger partial charge in [0.05, 0.1) is 6.61 Å². The van der Waals surface area contributed by atoms with Gasteiger partial charge in [0, 0.05) is 37.0 Å². The van der Waals surface area contributed by atoms with Crippen molar-refractivity contribution in [1.82, 2.24) is 15.5 Å². The molecule has 2 N–H and O–H groups in total. The standard InChI is InChI=1S/C19H33N3O4/c1-4-26-19(25)22-11-9-16(10-12-22)21-18(24)15-7-5-14(6-8-15)17(23)20-13(2)3/h13-16H,4-12H2,1-3H3,(H,20,23)(H,21,24). The minimum Gasteiger partial charge on any atom is -0.450 e. The van der Waals surface area contributed by atoms with Crippen molar-refractivity contribution in [3.8, 4) is 0 Å². The number of nitrogens with one attached hydrogen (secondary N) is 2.